The van der Waals surface area contributed by atoms with Gasteiger partial charge in [0, 0.05) is 50.1 Å². The summed E-state index contributed by atoms with van der Waals surface area (Å²) in [6, 6.07) is 0.425. The van der Waals surface area contributed by atoms with E-state index in [0.29, 0.717) is 30.1 Å². The predicted octanol–water partition coefficient (Wildman–Crippen LogP) is 11.9. The molecule has 27 heteroatoms. The lowest BCUT2D eigenvalue weighted by molar-refractivity contribution is -0.156. The van der Waals surface area contributed by atoms with Crippen molar-refractivity contribution in [3.05, 3.63) is 31.6 Å². The number of carboxylic acid groups (broad SMARTS) is 1. The van der Waals surface area contributed by atoms with Crippen molar-refractivity contribution in [1.82, 2.24) is 40.8 Å². The molecule has 3 aromatic rings. The van der Waals surface area contributed by atoms with Crippen molar-refractivity contribution in [2.75, 3.05) is 45.2 Å². The first kappa shape index (κ1) is 95.9. The Bertz CT molecular complexity index is 1860. The van der Waals surface area contributed by atoms with Gasteiger partial charge in [0.2, 0.25) is 5.91 Å². The molecule has 5 fully saturated rings. The van der Waals surface area contributed by atoms with Crippen LogP contribution in [0.5, 0.6) is 0 Å². The third-order valence-corrected chi connectivity index (χ3v) is 17.4. The highest BCUT2D eigenvalue weighted by atomic mass is 127. The zero-order valence-corrected chi connectivity index (χ0v) is 59.6. The van der Waals surface area contributed by atoms with Crippen molar-refractivity contribution in [1.29, 1.82) is 0 Å². The Morgan fingerprint density at radius 2 is 0.908 bits per heavy atom. The summed E-state index contributed by atoms with van der Waals surface area (Å²) in [6.45, 7) is 21.9. The van der Waals surface area contributed by atoms with Gasteiger partial charge in [-0.2, -0.15) is 0 Å². The average molecular weight is 1490 g/mol. The van der Waals surface area contributed by atoms with Crippen LogP contribution in [0, 0.1) is 35.5 Å². The molecule has 0 aromatic carbocycles. The second-order valence-corrected chi connectivity index (χ2v) is 24.6. The maximum atomic E-state index is 11.4. The highest BCUT2D eigenvalue weighted by Gasteiger charge is 2.26. The number of carbonyl (C=O) groups excluding carboxylic acids is 5. The van der Waals surface area contributed by atoms with E-state index >= 15 is 0 Å². The maximum absolute atomic E-state index is 11.4. The molecule has 0 radical (unpaired) electrons. The van der Waals surface area contributed by atoms with Crippen molar-refractivity contribution >= 4 is 118 Å². The van der Waals surface area contributed by atoms with E-state index in [1.807, 2.05) is 16.5 Å². The first-order valence-electron chi connectivity index (χ1n) is 29.9. The number of amides is 1. The highest BCUT2D eigenvalue weighted by molar-refractivity contribution is 7.09. The van der Waals surface area contributed by atoms with Gasteiger partial charge in [-0.1, -0.05) is 89.0 Å². The number of nitrogens with zero attached hydrogens (tertiary/aromatic N) is 7. The summed E-state index contributed by atoms with van der Waals surface area (Å²) >= 11 is 14.6. The highest BCUT2D eigenvalue weighted by Crippen LogP contribution is 2.37. The fourth-order valence-corrected chi connectivity index (χ4v) is 11.8. The zero-order chi connectivity index (χ0) is 62.8. The number of aldehydes is 2. The summed E-state index contributed by atoms with van der Waals surface area (Å²) in [5, 5.41) is 39.1. The molecule has 8 rings (SSSR count). The molecule has 0 aliphatic heterocycles. The molecular weight excluding hydrogens is 1370 g/mol. The van der Waals surface area contributed by atoms with Crippen LogP contribution in [0.1, 0.15) is 240 Å². The van der Waals surface area contributed by atoms with E-state index in [2.05, 4.69) is 99.7 Å². The molecule has 5 saturated carbocycles. The van der Waals surface area contributed by atoms with Crippen molar-refractivity contribution in [3.8, 4) is 0 Å². The third kappa shape index (κ3) is 52.0. The maximum Gasteiger partial charge on any atom is 0.310 e. The Morgan fingerprint density at radius 1 is 0.632 bits per heavy atom. The molecule has 3 heterocycles. The number of carbonyl (C=O) groups is 6. The minimum atomic E-state index is -1.00. The number of hydrogen-bond donors (Lipinski definition) is 4. The molecule has 0 atom stereocenters. The van der Waals surface area contributed by atoms with Crippen LogP contribution in [0.2, 0.25) is 0 Å². The van der Waals surface area contributed by atoms with E-state index in [9.17, 15) is 28.4 Å². The SMILES string of the molecule is C.C.CC(=O)OC(C)=O.CC1CCC(C(=O)NCC=O)CC1.CC1CCC(C(=O)O)CC1.CC1CCC(c2nncs2)CC1.CC1CCC(c2nncs2)CC1.CCN(CC)CC.Cl.Cl.ClCCl.NC1CCC(c2nncs2)CC1.NCC=O.[2H]CF.[I-]. The fraction of sp³-hybridized carbons (Fsp3) is 0.800. The number of nitrogens with one attached hydrogen (secondary N) is 1. The number of ether oxygens (including phenoxy) is 1. The summed E-state index contributed by atoms with van der Waals surface area (Å²) in [5.74, 6) is 3.85. The number of halogens is 6. The first-order valence-corrected chi connectivity index (χ1v) is 32.9. The Balaban J connectivity index is -0.000000169. The van der Waals surface area contributed by atoms with Gasteiger partial charge in [0.25, 0.3) is 0 Å². The van der Waals surface area contributed by atoms with E-state index < -0.39 is 25.1 Å². The molecule has 1 amide bonds. The molecule has 5 aliphatic rings. The fourth-order valence-electron chi connectivity index (χ4n) is 9.65. The van der Waals surface area contributed by atoms with Gasteiger partial charge in [-0.05, 0) is 146 Å². The lowest BCUT2D eigenvalue weighted by atomic mass is 9.82. The molecule has 5 aliphatic carbocycles. The second-order valence-electron chi connectivity index (χ2n) is 21.2. The molecule has 3 aromatic heterocycles. The van der Waals surface area contributed by atoms with E-state index in [-0.39, 0.29) is 99.8 Å². The molecule has 0 saturated heterocycles. The molecule has 512 valence electrons. The quantitative estimate of drug-likeness (QED) is 0.0456. The summed E-state index contributed by atoms with van der Waals surface area (Å²) in [5.41, 5.74) is 16.0. The number of aliphatic carboxylic acids is 1. The van der Waals surface area contributed by atoms with Crippen LogP contribution >= 0.6 is 82.0 Å². The molecule has 0 bridgehead atoms. The van der Waals surface area contributed by atoms with Crippen molar-refractivity contribution in [2.24, 2.45) is 47.0 Å². The number of esters is 2. The Kier molecular flexibility index (Phi) is 72.0. The van der Waals surface area contributed by atoms with Crippen LogP contribution in [-0.4, -0.2) is 128 Å². The monoisotopic (exact) mass is 1480 g/mol. The smallest absolute Gasteiger partial charge is 0.310 e. The van der Waals surface area contributed by atoms with E-state index in [1.54, 1.807) is 34.0 Å². The Morgan fingerprint density at radius 3 is 1.11 bits per heavy atom. The number of alkyl halides is 3. The van der Waals surface area contributed by atoms with Crippen molar-refractivity contribution in [3.63, 3.8) is 0 Å². The third-order valence-electron chi connectivity index (χ3n) is 14.8. The van der Waals surface area contributed by atoms with Gasteiger partial charge < -0.3 is 65.1 Å². The Labute approximate surface area is 576 Å². The molecule has 0 unspecified atom stereocenters. The van der Waals surface area contributed by atoms with E-state index in [4.69, 9.17) is 40.2 Å². The first-order chi connectivity index (χ1) is 39.7. The number of nitrogens with two attached hydrogens (primary N) is 2. The largest absolute Gasteiger partial charge is 1.00 e. The normalized spacial score (nSPS) is 22.8. The lowest BCUT2D eigenvalue weighted by Crippen LogP contribution is -3.00. The van der Waals surface area contributed by atoms with E-state index in [0.717, 1.165) is 94.2 Å². The summed E-state index contributed by atoms with van der Waals surface area (Å²) < 4.78 is 19.5. The minimum absolute atomic E-state index is 0. The van der Waals surface area contributed by atoms with Gasteiger partial charge in [0.1, 0.15) is 44.1 Å². The topological polar surface area (TPSA) is 277 Å². The molecular formula is C60H113Cl4FIN10O8S3-. The van der Waals surface area contributed by atoms with Gasteiger partial charge in [-0.15, -0.1) is 113 Å². The van der Waals surface area contributed by atoms with Crippen LogP contribution in [-0.2, 0) is 33.5 Å². The molecule has 6 N–H and O–H groups in total. The van der Waals surface area contributed by atoms with Gasteiger partial charge >= 0.3 is 17.9 Å². The van der Waals surface area contributed by atoms with Gasteiger partial charge in [-0.3, -0.25) is 23.6 Å². The van der Waals surface area contributed by atoms with Gasteiger partial charge in [-0.25, -0.2) is 0 Å². The molecule has 87 heavy (non-hydrogen) atoms. The summed E-state index contributed by atoms with van der Waals surface area (Å²) in [7, 11) is -1.00. The number of rotatable bonds is 11. The van der Waals surface area contributed by atoms with Crippen LogP contribution in [0.15, 0.2) is 16.5 Å². The summed E-state index contributed by atoms with van der Waals surface area (Å²) in [4.78, 5) is 62.9. The van der Waals surface area contributed by atoms with Gasteiger partial charge in [0.15, 0.2) is 0 Å². The second kappa shape index (κ2) is 65.3. The molecule has 18 nitrogen and oxygen atoms in total. The number of carboxylic acids is 1. The lowest BCUT2D eigenvalue weighted by Gasteiger charge is -2.24. The number of hydrogen-bond acceptors (Lipinski definition) is 19. The van der Waals surface area contributed by atoms with Gasteiger partial charge in [0.05, 0.1) is 26.3 Å². The zero-order valence-electron chi connectivity index (χ0n) is 52.9. The summed E-state index contributed by atoms with van der Waals surface area (Å²) in [6.07, 6.45) is 25.0. The minimum Gasteiger partial charge on any atom is -1.00 e. The average Bonchev–Trinajstić information content (AvgIpc) is 4.44. The predicted molar refractivity (Wildman–Crippen MR) is 361 cm³/mol. The van der Waals surface area contributed by atoms with Crippen LogP contribution in [0.25, 0.3) is 0 Å². The van der Waals surface area contributed by atoms with Crippen LogP contribution < -0.4 is 40.8 Å². The number of aromatic nitrogens is 6. The standard InChI is InChI=1S/C10H17NO2.2C9H14N2S.C8H13N3S.C8H14O2.C6H15N.C4H6O3.C2H5NO.CH2Cl2.CH3F.2CH4.2ClH.HI/c1-8-2-4-9(5-3-8)10(13)11-6-7-12;2*1-7-2-4-8(5-3-7)9-11-10-6-12-9;9-7-3-1-6(2-4-7)8-11-10-5-12-8;1-6-2-4-7(5-3-6)8(9)10;1-4-7(5-2)6-3;1-3(5)7-4(2)6;3-1-2-4;2-1-3;1-2;;;;;/h7-9H,2-6H2,1H3,(H,11,13);2*6-8H,2-5H2,1H3;5-7H,1-4,9H2;6-7H,2-5H2,1H3,(H,9,10);4-6H2,1-3H3;1-2H3;2H,1,3H2;1H2;1H3;2*1H4;3*1H/p-1/i;;;;;;;;;1D;;;;;. The van der Waals surface area contributed by atoms with Crippen molar-refractivity contribution < 1.29 is 68.3 Å². The molecule has 0 spiro atoms. The van der Waals surface area contributed by atoms with Crippen molar-refractivity contribution in [2.45, 2.75) is 229 Å². The Hall–Kier alpha value is -2.20. The van der Waals surface area contributed by atoms with Crippen LogP contribution in [0.4, 0.5) is 4.39 Å². The van der Waals surface area contributed by atoms with E-state index in [1.165, 1.54) is 113 Å². The van der Waals surface area contributed by atoms with Crippen LogP contribution in [0.3, 0.4) is 0 Å².